The summed E-state index contributed by atoms with van der Waals surface area (Å²) in [4.78, 5) is 15.0. The zero-order valence-electron chi connectivity index (χ0n) is 9.67. The molecule has 0 spiro atoms. The van der Waals surface area contributed by atoms with Gasteiger partial charge in [-0.3, -0.25) is 4.79 Å². The first kappa shape index (κ1) is 12.1. The van der Waals surface area contributed by atoms with Crippen molar-refractivity contribution in [3.8, 4) is 11.6 Å². The van der Waals surface area contributed by atoms with Crippen LogP contribution in [-0.2, 0) is 6.54 Å². The van der Waals surface area contributed by atoms with E-state index in [0.29, 0.717) is 23.7 Å². The van der Waals surface area contributed by atoms with Crippen LogP contribution >= 0.6 is 0 Å². The molecule has 0 atom stereocenters. The van der Waals surface area contributed by atoms with Crippen LogP contribution in [0.15, 0.2) is 42.6 Å². The van der Waals surface area contributed by atoms with Crippen LogP contribution in [0.1, 0.15) is 15.9 Å². The van der Waals surface area contributed by atoms with Crippen LogP contribution in [0, 0.1) is 0 Å². The summed E-state index contributed by atoms with van der Waals surface area (Å²) >= 11 is 0. The van der Waals surface area contributed by atoms with E-state index in [-0.39, 0.29) is 0 Å². The van der Waals surface area contributed by atoms with E-state index in [1.54, 1.807) is 36.5 Å². The third-order valence-corrected chi connectivity index (χ3v) is 2.40. The Balaban J connectivity index is 2.15. The number of nitrogens with zero attached hydrogens (tertiary/aromatic N) is 1. The fourth-order valence-corrected chi connectivity index (χ4v) is 1.44. The molecule has 0 aliphatic rings. The lowest BCUT2D eigenvalue weighted by Crippen LogP contribution is -2.10. The fourth-order valence-electron chi connectivity index (χ4n) is 1.44. The highest BCUT2D eigenvalue weighted by Crippen LogP contribution is 2.20. The van der Waals surface area contributed by atoms with E-state index in [2.05, 4.69) is 4.98 Å². The molecule has 0 saturated heterocycles. The van der Waals surface area contributed by atoms with Crippen LogP contribution in [-0.4, -0.2) is 10.9 Å². The molecule has 5 nitrogen and oxygen atoms in total. The lowest BCUT2D eigenvalue weighted by molar-refractivity contribution is 0.100. The molecule has 5 heteroatoms. The number of carbonyl (C=O) groups is 1. The summed E-state index contributed by atoms with van der Waals surface area (Å²) in [6.07, 6.45) is 1.63. The van der Waals surface area contributed by atoms with Crippen LogP contribution < -0.4 is 16.2 Å². The van der Waals surface area contributed by atoms with Gasteiger partial charge in [0, 0.05) is 24.4 Å². The summed E-state index contributed by atoms with van der Waals surface area (Å²) in [6.45, 7) is 0.430. The number of hydrogen-bond donors (Lipinski definition) is 2. The van der Waals surface area contributed by atoms with Crippen molar-refractivity contribution in [1.29, 1.82) is 0 Å². The summed E-state index contributed by atoms with van der Waals surface area (Å²) in [5.41, 5.74) is 12.1. The molecule has 0 saturated carbocycles. The molecule has 92 valence electrons. The molecule has 1 amide bonds. The van der Waals surface area contributed by atoms with Crippen molar-refractivity contribution in [2.45, 2.75) is 6.54 Å². The molecule has 2 rings (SSSR count). The first-order valence-corrected chi connectivity index (χ1v) is 5.42. The van der Waals surface area contributed by atoms with E-state index < -0.39 is 5.91 Å². The minimum Gasteiger partial charge on any atom is -0.439 e. The Labute approximate surface area is 104 Å². The molecule has 0 bridgehead atoms. The second-order valence-corrected chi connectivity index (χ2v) is 3.70. The molecule has 2 aromatic rings. The molecule has 1 heterocycles. The summed E-state index contributed by atoms with van der Waals surface area (Å²) in [7, 11) is 0. The van der Waals surface area contributed by atoms with Crippen LogP contribution in [0.2, 0.25) is 0 Å². The standard InChI is InChI=1S/C13H13N3O2/c14-8-9-5-6-16-12(7-9)18-11-3-1-10(2-4-11)13(15)17/h1-7H,8,14H2,(H2,15,17). The predicted octanol–water partition coefficient (Wildman–Crippen LogP) is 1.43. The van der Waals surface area contributed by atoms with Crippen molar-refractivity contribution < 1.29 is 9.53 Å². The minimum atomic E-state index is -0.468. The summed E-state index contributed by atoms with van der Waals surface area (Å²) in [6, 6.07) is 10.1. The largest absolute Gasteiger partial charge is 0.439 e. The molecule has 1 aromatic carbocycles. The van der Waals surface area contributed by atoms with E-state index in [9.17, 15) is 4.79 Å². The Kier molecular flexibility index (Phi) is 3.54. The molecule has 0 radical (unpaired) electrons. The molecule has 0 aliphatic heterocycles. The van der Waals surface area contributed by atoms with E-state index in [4.69, 9.17) is 16.2 Å². The number of pyridine rings is 1. The highest BCUT2D eigenvalue weighted by molar-refractivity contribution is 5.92. The number of primary amides is 1. The quantitative estimate of drug-likeness (QED) is 0.849. The first-order chi connectivity index (χ1) is 8.69. The highest BCUT2D eigenvalue weighted by atomic mass is 16.5. The van der Waals surface area contributed by atoms with Gasteiger partial charge in [0.2, 0.25) is 11.8 Å². The maximum Gasteiger partial charge on any atom is 0.248 e. The number of ether oxygens (including phenoxy) is 1. The van der Waals surface area contributed by atoms with E-state index in [1.807, 2.05) is 6.07 Å². The van der Waals surface area contributed by atoms with Gasteiger partial charge in [-0.25, -0.2) is 4.98 Å². The average molecular weight is 243 g/mol. The van der Waals surface area contributed by atoms with Crippen molar-refractivity contribution >= 4 is 5.91 Å². The van der Waals surface area contributed by atoms with Crippen molar-refractivity contribution in [1.82, 2.24) is 4.98 Å². The molecule has 1 aromatic heterocycles. The maximum atomic E-state index is 10.9. The van der Waals surface area contributed by atoms with Gasteiger partial charge in [-0.15, -0.1) is 0 Å². The van der Waals surface area contributed by atoms with Crippen LogP contribution in [0.5, 0.6) is 11.6 Å². The van der Waals surface area contributed by atoms with E-state index >= 15 is 0 Å². The van der Waals surface area contributed by atoms with Crippen molar-refractivity contribution in [2.75, 3.05) is 0 Å². The number of benzene rings is 1. The average Bonchev–Trinajstić information content (AvgIpc) is 2.39. The maximum absolute atomic E-state index is 10.9. The zero-order valence-corrected chi connectivity index (χ0v) is 9.67. The van der Waals surface area contributed by atoms with Crippen LogP contribution in [0.3, 0.4) is 0 Å². The third-order valence-electron chi connectivity index (χ3n) is 2.40. The summed E-state index contributed by atoms with van der Waals surface area (Å²) < 4.78 is 5.54. The Morgan fingerprint density at radius 2 is 1.94 bits per heavy atom. The van der Waals surface area contributed by atoms with E-state index in [0.717, 1.165) is 5.56 Å². The molecule has 0 unspecified atom stereocenters. The van der Waals surface area contributed by atoms with Crippen LogP contribution in [0.4, 0.5) is 0 Å². The smallest absolute Gasteiger partial charge is 0.248 e. The number of nitrogens with two attached hydrogens (primary N) is 2. The first-order valence-electron chi connectivity index (χ1n) is 5.42. The van der Waals surface area contributed by atoms with Gasteiger partial charge in [0.25, 0.3) is 0 Å². The van der Waals surface area contributed by atoms with Gasteiger partial charge < -0.3 is 16.2 Å². The topological polar surface area (TPSA) is 91.2 Å². The van der Waals surface area contributed by atoms with Gasteiger partial charge in [-0.05, 0) is 35.9 Å². The molecular weight excluding hydrogens is 230 g/mol. The number of aromatic nitrogens is 1. The normalized spacial score (nSPS) is 10.1. The minimum absolute atomic E-state index is 0.430. The lowest BCUT2D eigenvalue weighted by atomic mass is 10.2. The molecule has 0 aliphatic carbocycles. The second-order valence-electron chi connectivity index (χ2n) is 3.70. The molecule has 0 fully saturated rings. The van der Waals surface area contributed by atoms with Gasteiger partial charge in [0.1, 0.15) is 5.75 Å². The zero-order chi connectivity index (χ0) is 13.0. The van der Waals surface area contributed by atoms with Crippen molar-refractivity contribution in [3.05, 3.63) is 53.7 Å². The number of hydrogen-bond acceptors (Lipinski definition) is 4. The lowest BCUT2D eigenvalue weighted by Gasteiger charge is -2.06. The predicted molar refractivity (Wildman–Crippen MR) is 67.2 cm³/mol. The van der Waals surface area contributed by atoms with Crippen molar-refractivity contribution in [2.24, 2.45) is 11.5 Å². The van der Waals surface area contributed by atoms with Crippen LogP contribution in [0.25, 0.3) is 0 Å². The Bertz CT molecular complexity index is 552. The number of amides is 1. The van der Waals surface area contributed by atoms with Crippen molar-refractivity contribution in [3.63, 3.8) is 0 Å². The van der Waals surface area contributed by atoms with E-state index in [1.165, 1.54) is 0 Å². The Morgan fingerprint density at radius 1 is 1.22 bits per heavy atom. The third kappa shape index (κ3) is 2.83. The number of rotatable bonds is 4. The summed E-state index contributed by atoms with van der Waals surface area (Å²) in [5.74, 6) is 0.580. The van der Waals surface area contributed by atoms with Gasteiger partial charge in [-0.2, -0.15) is 0 Å². The Hall–Kier alpha value is -2.40. The monoisotopic (exact) mass is 243 g/mol. The SMILES string of the molecule is NCc1ccnc(Oc2ccc(C(N)=O)cc2)c1. The fraction of sp³-hybridized carbons (Fsp3) is 0.0769. The Morgan fingerprint density at radius 3 is 2.56 bits per heavy atom. The number of carbonyl (C=O) groups excluding carboxylic acids is 1. The molecule has 4 N–H and O–H groups in total. The highest BCUT2D eigenvalue weighted by Gasteiger charge is 2.02. The summed E-state index contributed by atoms with van der Waals surface area (Å²) in [5, 5.41) is 0. The van der Waals surface area contributed by atoms with Gasteiger partial charge in [0.05, 0.1) is 0 Å². The second kappa shape index (κ2) is 5.29. The molecule has 18 heavy (non-hydrogen) atoms. The van der Waals surface area contributed by atoms with Gasteiger partial charge >= 0.3 is 0 Å². The van der Waals surface area contributed by atoms with Gasteiger partial charge in [-0.1, -0.05) is 0 Å². The van der Waals surface area contributed by atoms with Gasteiger partial charge in [0.15, 0.2) is 0 Å². The molecular formula is C13H13N3O2.